The van der Waals surface area contributed by atoms with Crippen LogP contribution < -0.4 is 5.32 Å². The molecule has 0 aliphatic rings. The van der Waals surface area contributed by atoms with Crippen LogP contribution in [0.5, 0.6) is 0 Å². The van der Waals surface area contributed by atoms with E-state index in [1.165, 1.54) is 18.7 Å². The summed E-state index contributed by atoms with van der Waals surface area (Å²) in [6, 6.07) is -0.356. The van der Waals surface area contributed by atoms with Crippen molar-refractivity contribution in [1.82, 2.24) is 10.2 Å². The van der Waals surface area contributed by atoms with Gasteiger partial charge in [-0.25, -0.2) is 9.59 Å². The number of urea groups is 1. The Morgan fingerprint density at radius 2 is 1.89 bits per heavy atom. The molecule has 2 N–H and O–H groups in total. The van der Waals surface area contributed by atoms with Crippen LogP contribution in [0.25, 0.3) is 0 Å². The van der Waals surface area contributed by atoms with Gasteiger partial charge in [0.1, 0.15) is 5.54 Å². The molecule has 0 bridgehead atoms. The smallest absolute Gasteiger partial charge is 0.329 e. The molecule has 6 heteroatoms. The highest BCUT2D eigenvalue weighted by molar-refractivity contribution is 5.85. The van der Waals surface area contributed by atoms with Crippen LogP contribution in [-0.2, 0) is 9.53 Å². The average molecular weight is 274 g/mol. The number of nitrogens with one attached hydrogen (secondary N) is 1. The zero-order chi connectivity index (χ0) is 14.9. The Balaban J connectivity index is 4.13. The lowest BCUT2D eigenvalue weighted by molar-refractivity contribution is -0.147. The van der Waals surface area contributed by atoms with Crippen molar-refractivity contribution in [3.8, 4) is 0 Å². The number of likely N-dealkylation sites (N-methyl/N-ethyl adjacent to an activating group) is 1. The van der Waals surface area contributed by atoms with Crippen molar-refractivity contribution in [3.05, 3.63) is 0 Å². The largest absolute Gasteiger partial charge is 0.480 e. The molecule has 19 heavy (non-hydrogen) atoms. The first kappa shape index (κ1) is 17.7. The quantitative estimate of drug-likeness (QED) is 0.627. The zero-order valence-corrected chi connectivity index (χ0v) is 12.4. The number of carbonyl (C=O) groups excluding carboxylic acids is 1. The van der Waals surface area contributed by atoms with Crippen LogP contribution in [0, 0.1) is 0 Å². The zero-order valence-electron chi connectivity index (χ0n) is 12.4. The molecule has 0 aliphatic carbocycles. The summed E-state index contributed by atoms with van der Waals surface area (Å²) in [5, 5.41) is 11.8. The highest BCUT2D eigenvalue weighted by Gasteiger charge is 2.36. The van der Waals surface area contributed by atoms with Gasteiger partial charge in [0.15, 0.2) is 0 Å². The van der Waals surface area contributed by atoms with E-state index >= 15 is 0 Å². The predicted molar refractivity (Wildman–Crippen MR) is 73.2 cm³/mol. The summed E-state index contributed by atoms with van der Waals surface area (Å²) in [6.07, 6.45) is 1.69. The molecule has 0 saturated heterocycles. The number of nitrogens with zero attached hydrogens (tertiary/aromatic N) is 1. The van der Waals surface area contributed by atoms with E-state index in [0.717, 1.165) is 19.4 Å². The van der Waals surface area contributed by atoms with Gasteiger partial charge in [0.05, 0.1) is 0 Å². The van der Waals surface area contributed by atoms with Crippen LogP contribution in [0.3, 0.4) is 0 Å². The second-order valence-electron chi connectivity index (χ2n) is 4.81. The number of carbonyl (C=O) groups is 2. The van der Waals surface area contributed by atoms with Gasteiger partial charge in [0, 0.05) is 26.3 Å². The van der Waals surface area contributed by atoms with E-state index in [9.17, 15) is 9.59 Å². The Labute approximate surface area is 115 Å². The van der Waals surface area contributed by atoms with Gasteiger partial charge in [-0.3, -0.25) is 0 Å². The summed E-state index contributed by atoms with van der Waals surface area (Å²) in [4.78, 5) is 24.4. The van der Waals surface area contributed by atoms with E-state index in [2.05, 4.69) is 5.32 Å². The van der Waals surface area contributed by atoms with Crippen LogP contribution in [0.15, 0.2) is 0 Å². The molecule has 0 aromatic carbocycles. The molecular formula is C13H26N2O4. The standard InChI is InChI=1S/C13H26N2O4/c1-5-9-19-10-7-8-14-12(18)15(6-2)13(3,4)11(16)17/h5-10H2,1-4H3,(H,14,18)(H,16,17). The van der Waals surface area contributed by atoms with Crippen molar-refractivity contribution in [1.29, 1.82) is 0 Å². The maximum Gasteiger partial charge on any atom is 0.329 e. The maximum absolute atomic E-state index is 11.9. The van der Waals surface area contributed by atoms with E-state index < -0.39 is 11.5 Å². The van der Waals surface area contributed by atoms with E-state index in [0.29, 0.717) is 19.7 Å². The van der Waals surface area contributed by atoms with Crippen molar-refractivity contribution in [2.75, 3.05) is 26.3 Å². The molecule has 0 aromatic rings. The van der Waals surface area contributed by atoms with Gasteiger partial charge in [-0.05, 0) is 33.6 Å². The van der Waals surface area contributed by atoms with Gasteiger partial charge in [-0.1, -0.05) is 6.92 Å². The lowest BCUT2D eigenvalue weighted by Gasteiger charge is -2.34. The number of aliphatic carboxylic acids is 1. The number of rotatable bonds is 9. The SMILES string of the molecule is CCCOCCCNC(=O)N(CC)C(C)(C)C(=O)O. The molecule has 6 nitrogen and oxygen atoms in total. The molecule has 0 saturated carbocycles. The Hall–Kier alpha value is -1.30. The lowest BCUT2D eigenvalue weighted by atomic mass is 10.0. The molecule has 0 heterocycles. The fourth-order valence-corrected chi connectivity index (χ4v) is 1.62. The summed E-state index contributed by atoms with van der Waals surface area (Å²) < 4.78 is 5.30. The van der Waals surface area contributed by atoms with E-state index in [-0.39, 0.29) is 6.03 Å². The molecule has 0 atom stereocenters. The summed E-state index contributed by atoms with van der Waals surface area (Å²) in [5.41, 5.74) is -1.21. The Kier molecular flexibility index (Phi) is 8.14. The molecule has 0 aliphatic heterocycles. The molecule has 0 fully saturated rings. The fraction of sp³-hybridized carbons (Fsp3) is 0.846. The highest BCUT2D eigenvalue weighted by atomic mass is 16.5. The second kappa shape index (κ2) is 8.74. The molecule has 0 aromatic heterocycles. The van der Waals surface area contributed by atoms with Gasteiger partial charge in [0.2, 0.25) is 0 Å². The van der Waals surface area contributed by atoms with Crippen molar-refractivity contribution in [2.45, 2.75) is 46.1 Å². The number of carboxylic acid groups (broad SMARTS) is 1. The first-order valence-corrected chi connectivity index (χ1v) is 6.74. The number of hydrogen-bond acceptors (Lipinski definition) is 3. The van der Waals surface area contributed by atoms with Crippen molar-refractivity contribution in [2.24, 2.45) is 0 Å². The molecule has 2 amide bonds. The monoisotopic (exact) mass is 274 g/mol. The van der Waals surface area contributed by atoms with Gasteiger partial charge < -0.3 is 20.1 Å². The average Bonchev–Trinajstić information content (AvgIpc) is 2.34. The van der Waals surface area contributed by atoms with Crippen LogP contribution in [0.1, 0.15) is 40.5 Å². The van der Waals surface area contributed by atoms with Crippen LogP contribution in [-0.4, -0.2) is 53.8 Å². The molecule has 0 rings (SSSR count). The predicted octanol–water partition coefficient (Wildman–Crippen LogP) is 1.70. The normalized spacial score (nSPS) is 11.2. The fourth-order valence-electron chi connectivity index (χ4n) is 1.62. The number of carboxylic acids is 1. The van der Waals surface area contributed by atoms with E-state index in [1.54, 1.807) is 6.92 Å². The van der Waals surface area contributed by atoms with Gasteiger partial charge in [0.25, 0.3) is 0 Å². The Bertz CT molecular complexity index is 292. The molecular weight excluding hydrogens is 248 g/mol. The lowest BCUT2D eigenvalue weighted by Crippen LogP contribution is -2.56. The summed E-state index contributed by atoms with van der Waals surface area (Å²) in [7, 11) is 0. The van der Waals surface area contributed by atoms with Crippen LogP contribution in [0.4, 0.5) is 4.79 Å². The summed E-state index contributed by atoms with van der Waals surface area (Å²) >= 11 is 0. The third-order valence-corrected chi connectivity index (χ3v) is 2.85. The second-order valence-corrected chi connectivity index (χ2v) is 4.81. The number of ether oxygens (including phenoxy) is 1. The van der Waals surface area contributed by atoms with Gasteiger partial charge in [-0.15, -0.1) is 0 Å². The van der Waals surface area contributed by atoms with Crippen LogP contribution >= 0.6 is 0 Å². The van der Waals surface area contributed by atoms with Crippen molar-refractivity contribution >= 4 is 12.0 Å². The first-order valence-electron chi connectivity index (χ1n) is 6.74. The number of hydrogen-bond donors (Lipinski definition) is 2. The topological polar surface area (TPSA) is 78.9 Å². The van der Waals surface area contributed by atoms with Crippen molar-refractivity contribution < 1.29 is 19.4 Å². The maximum atomic E-state index is 11.9. The number of amides is 2. The molecule has 112 valence electrons. The van der Waals surface area contributed by atoms with Gasteiger partial charge in [-0.2, -0.15) is 0 Å². The third-order valence-electron chi connectivity index (χ3n) is 2.85. The molecule has 0 spiro atoms. The Morgan fingerprint density at radius 3 is 2.37 bits per heavy atom. The first-order chi connectivity index (χ1) is 8.87. The minimum absolute atomic E-state index is 0.345. The van der Waals surface area contributed by atoms with Gasteiger partial charge >= 0.3 is 12.0 Å². The third kappa shape index (κ3) is 5.92. The van der Waals surface area contributed by atoms with E-state index in [1.807, 2.05) is 6.92 Å². The molecule has 0 radical (unpaired) electrons. The van der Waals surface area contributed by atoms with Crippen LogP contribution in [0.2, 0.25) is 0 Å². The minimum Gasteiger partial charge on any atom is -0.480 e. The minimum atomic E-state index is -1.21. The summed E-state index contributed by atoms with van der Waals surface area (Å²) in [5.74, 6) is -1.02. The summed E-state index contributed by atoms with van der Waals surface area (Å²) in [6.45, 7) is 8.98. The van der Waals surface area contributed by atoms with Crippen molar-refractivity contribution in [3.63, 3.8) is 0 Å². The Morgan fingerprint density at radius 1 is 1.26 bits per heavy atom. The highest BCUT2D eigenvalue weighted by Crippen LogP contribution is 2.14. The van der Waals surface area contributed by atoms with E-state index in [4.69, 9.17) is 9.84 Å². The molecule has 0 unspecified atom stereocenters.